The fraction of sp³-hybridized carbons (Fsp3) is 0.643. The smallest absolute Gasteiger partial charge is 0.246 e. The zero-order chi connectivity index (χ0) is 14.4. The molecule has 1 saturated carbocycles. The van der Waals surface area contributed by atoms with E-state index in [1.54, 1.807) is 23.2 Å². The lowest BCUT2D eigenvalue weighted by Gasteiger charge is -2.40. The van der Waals surface area contributed by atoms with Crippen molar-refractivity contribution in [3.05, 3.63) is 16.1 Å². The number of thiazole rings is 1. The molecular formula is C14H19N3O2S. The van der Waals surface area contributed by atoms with Gasteiger partial charge in [0.1, 0.15) is 17.1 Å². The van der Waals surface area contributed by atoms with Crippen LogP contribution in [0.1, 0.15) is 42.6 Å². The Morgan fingerprint density at radius 2 is 2.15 bits per heavy atom. The highest BCUT2D eigenvalue weighted by Gasteiger charge is 2.47. The van der Waals surface area contributed by atoms with Gasteiger partial charge < -0.3 is 10.2 Å². The van der Waals surface area contributed by atoms with Gasteiger partial charge in [-0.25, -0.2) is 4.98 Å². The lowest BCUT2D eigenvalue weighted by atomic mass is 10.0. The van der Waals surface area contributed by atoms with Crippen molar-refractivity contribution in [3.8, 4) is 0 Å². The molecule has 1 aromatic heterocycles. The molecule has 108 valence electrons. The van der Waals surface area contributed by atoms with Crippen molar-refractivity contribution < 1.29 is 9.59 Å². The van der Waals surface area contributed by atoms with E-state index < -0.39 is 6.04 Å². The van der Waals surface area contributed by atoms with Crippen LogP contribution in [0, 0.1) is 12.8 Å². The van der Waals surface area contributed by atoms with Gasteiger partial charge >= 0.3 is 0 Å². The number of aromatic nitrogens is 1. The van der Waals surface area contributed by atoms with Crippen molar-refractivity contribution in [1.29, 1.82) is 0 Å². The van der Waals surface area contributed by atoms with Crippen LogP contribution < -0.4 is 5.32 Å². The second-order valence-electron chi connectivity index (χ2n) is 5.73. The Morgan fingerprint density at radius 3 is 2.70 bits per heavy atom. The average molecular weight is 293 g/mol. The summed E-state index contributed by atoms with van der Waals surface area (Å²) in [5, 5.41) is 3.77. The van der Waals surface area contributed by atoms with Crippen LogP contribution in [0.5, 0.6) is 0 Å². The van der Waals surface area contributed by atoms with Crippen LogP contribution in [0.15, 0.2) is 6.20 Å². The van der Waals surface area contributed by atoms with Gasteiger partial charge in [0.05, 0.1) is 6.04 Å². The molecule has 0 aromatic carbocycles. The molecule has 1 N–H and O–H groups in total. The molecule has 2 aliphatic rings. The topological polar surface area (TPSA) is 62.3 Å². The van der Waals surface area contributed by atoms with Gasteiger partial charge in [-0.3, -0.25) is 9.59 Å². The molecular weight excluding hydrogens is 274 g/mol. The molecule has 1 aliphatic heterocycles. The highest BCUT2D eigenvalue weighted by atomic mass is 32.1. The van der Waals surface area contributed by atoms with Crippen molar-refractivity contribution in [3.63, 3.8) is 0 Å². The van der Waals surface area contributed by atoms with Crippen LogP contribution in [0.3, 0.4) is 0 Å². The third-order valence-corrected chi connectivity index (χ3v) is 5.21. The Balaban J connectivity index is 1.88. The Morgan fingerprint density at radius 1 is 1.45 bits per heavy atom. The normalized spacial score (nSPS) is 28.4. The Kier molecular flexibility index (Phi) is 3.28. The summed E-state index contributed by atoms with van der Waals surface area (Å²) in [4.78, 5) is 32.0. The van der Waals surface area contributed by atoms with Gasteiger partial charge in [0.25, 0.3) is 0 Å². The fourth-order valence-corrected chi connectivity index (χ4v) is 3.60. The van der Waals surface area contributed by atoms with Crippen molar-refractivity contribution in [2.24, 2.45) is 5.92 Å². The highest BCUT2D eigenvalue weighted by Crippen LogP contribution is 2.37. The molecule has 0 radical (unpaired) electrons. The van der Waals surface area contributed by atoms with Gasteiger partial charge in [-0.05, 0) is 39.5 Å². The maximum Gasteiger partial charge on any atom is 0.246 e. The quantitative estimate of drug-likeness (QED) is 0.921. The van der Waals surface area contributed by atoms with Gasteiger partial charge in [0, 0.05) is 11.1 Å². The molecule has 3 atom stereocenters. The van der Waals surface area contributed by atoms with E-state index >= 15 is 0 Å². The van der Waals surface area contributed by atoms with E-state index in [-0.39, 0.29) is 23.9 Å². The van der Waals surface area contributed by atoms with Crippen LogP contribution in [-0.2, 0) is 9.59 Å². The zero-order valence-electron chi connectivity index (χ0n) is 11.9. The van der Waals surface area contributed by atoms with Crippen molar-refractivity contribution in [2.45, 2.75) is 51.7 Å². The molecule has 2 fully saturated rings. The SMILES string of the molecule is Cc1cnc(C(C)N2C(=O)C(C3CC3)NC(=O)C2C)s1. The van der Waals surface area contributed by atoms with E-state index in [0.717, 1.165) is 22.7 Å². The summed E-state index contributed by atoms with van der Waals surface area (Å²) in [6, 6.07) is -0.914. The Hall–Kier alpha value is -1.43. The predicted molar refractivity (Wildman–Crippen MR) is 76.2 cm³/mol. The van der Waals surface area contributed by atoms with E-state index in [0.29, 0.717) is 5.92 Å². The molecule has 1 saturated heterocycles. The summed E-state index contributed by atoms with van der Waals surface area (Å²) < 4.78 is 0. The van der Waals surface area contributed by atoms with Gasteiger partial charge in [-0.2, -0.15) is 0 Å². The van der Waals surface area contributed by atoms with Gasteiger partial charge in [-0.15, -0.1) is 11.3 Å². The highest BCUT2D eigenvalue weighted by molar-refractivity contribution is 7.11. The van der Waals surface area contributed by atoms with Crippen LogP contribution in [-0.4, -0.2) is 33.8 Å². The van der Waals surface area contributed by atoms with Crippen LogP contribution >= 0.6 is 11.3 Å². The second-order valence-corrected chi connectivity index (χ2v) is 7.00. The standard InChI is InChI=1S/C14H19N3O2S/c1-7-6-15-13(20-7)9(3)17-8(2)12(18)16-11(14(17)19)10-4-5-10/h6,8-11H,4-5H2,1-3H3,(H,16,18). The summed E-state index contributed by atoms with van der Waals surface area (Å²) in [5.74, 6) is 0.313. The molecule has 6 heteroatoms. The number of amides is 2. The van der Waals surface area contributed by atoms with Crippen molar-refractivity contribution >= 4 is 23.2 Å². The number of carbonyl (C=O) groups is 2. The van der Waals surface area contributed by atoms with E-state index in [9.17, 15) is 9.59 Å². The minimum atomic E-state index is -0.434. The van der Waals surface area contributed by atoms with Gasteiger partial charge in [-0.1, -0.05) is 0 Å². The van der Waals surface area contributed by atoms with Crippen molar-refractivity contribution in [2.75, 3.05) is 0 Å². The first-order valence-corrected chi connectivity index (χ1v) is 7.85. The minimum Gasteiger partial charge on any atom is -0.342 e. The van der Waals surface area contributed by atoms with Crippen molar-refractivity contribution in [1.82, 2.24) is 15.2 Å². The van der Waals surface area contributed by atoms with E-state index in [1.807, 2.05) is 20.0 Å². The predicted octanol–water partition coefficient (Wildman–Crippen LogP) is 1.64. The number of carbonyl (C=O) groups excluding carboxylic acids is 2. The first kappa shape index (κ1) is 13.5. The lowest BCUT2D eigenvalue weighted by molar-refractivity contribution is -0.151. The second kappa shape index (κ2) is 4.84. The number of nitrogens with one attached hydrogen (secondary N) is 1. The molecule has 20 heavy (non-hydrogen) atoms. The van der Waals surface area contributed by atoms with E-state index in [1.165, 1.54) is 0 Å². The summed E-state index contributed by atoms with van der Waals surface area (Å²) in [7, 11) is 0. The largest absolute Gasteiger partial charge is 0.342 e. The summed E-state index contributed by atoms with van der Waals surface area (Å²) in [6.45, 7) is 5.73. The first-order chi connectivity index (χ1) is 9.49. The molecule has 0 bridgehead atoms. The third-order valence-electron chi connectivity index (χ3n) is 4.12. The van der Waals surface area contributed by atoms with Crippen LogP contribution in [0.25, 0.3) is 0 Å². The molecule has 0 spiro atoms. The van der Waals surface area contributed by atoms with E-state index in [4.69, 9.17) is 0 Å². The number of aryl methyl sites for hydroxylation is 1. The number of piperazine rings is 1. The molecule has 2 amide bonds. The third kappa shape index (κ3) is 2.22. The van der Waals surface area contributed by atoms with Crippen LogP contribution in [0.2, 0.25) is 0 Å². The first-order valence-electron chi connectivity index (χ1n) is 7.04. The minimum absolute atomic E-state index is 0.0416. The number of rotatable bonds is 3. The molecule has 1 aromatic rings. The fourth-order valence-electron chi connectivity index (χ4n) is 2.77. The summed E-state index contributed by atoms with van der Waals surface area (Å²) in [6.07, 6.45) is 3.88. The number of hydrogen-bond acceptors (Lipinski definition) is 4. The number of nitrogens with zero attached hydrogens (tertiary/aromatic N) is 2. The van der Waals surface area contributed by atoms with Gasteiger partial charge in [0.2, 0.25) is 11.8 Å². The maximum atomic E-state index is 12.7. The average Bonchev–Trinajstić information content (AvgIpc) is 3.15. The lowest BCUT2D eigenvalue weighted by Crippen LogP contribution is -2.63. The monoisotopic (exact) mass is 293 g/mol. The molecule has 3 rings (SSSR count). The van der Waals surface area contributed by atoms with Crippen LogP contribution in [0.4, 0.5) is 0 Å². The molecule has 5 nitrogen and oxygen atoms in total. The molecule has 1 aliphatic carbocycles. The van der Waals surface area contributed by atoms with Gasteiger partial charge in [0.15, 0.2) is 0 Å². The number of hydrogen-bond donors (Lipinski definition) is 1. The zero-order valence-corrected chi connectivity index (χ0v) is 12.7. The summed E-state index contributed by atoms with van der Waals surface area (Å²) in [5.41, 5.74) is 0. The Labute approximate surface area is 122 Å². The maximum absolute atomic E-state index is 12.7. The summed E-state index contributed by atoms with van der Waals surface area (Å²) >= 11 is 1.58. The molecule has 3 unspecified atom stereocenters. The molecule has 2 heterocycles. The van der Waals surface area contributed by atoms with E-state index in [2.05, 4.69) is 10.3 Å². The Bertz CT molecular complexity index is 552.